The smallest absolute Gasteiger partial charge is 0.259 e. The van der Waals surface area contributed by atoms with Crippen molar-refractivity contribution in [3.63, 3.8) is 0 Å². The summed E-state index contributed by atoms with van der Waals surface area (Å²) in [7, 11) is 0. The second-order valence-electron chi connectivity index (χ2n) is 5.35. The van der Waals surface area contributed by atoms with Crippen molar-refractivity contribution in [2.75, 3.05) is 13.1 Å². The van der Waals surface area contributed by atoms with E-state index >= 15 is 0 Å². The molecular formula is C15H15N3O3. The lowest BCUT2D eigenvalue weighted by molar-refractivity contribution is -0.0228. The second kappa shape index (κ2) is 4.68. The highest BCUT2D eigenvalue weighted by molar-refractivity contribution is 5.81. The first kappa shape index (κ1) is 12.6. The minimum Gasteiger partial charge on any atom is -0.453 e. The van der Waals surface area contributed by atoms with Gasteiger partial charge in [0.2, 0.25) is 5.82 Å². The Morgan fingerprint density at radius 1 is 1.19 bits per heavy atom. The zero-order chi connectivity index (χ0) is 14.3. The van der Waals surface area contributed by atoms with E-state index in [0.29, 0.717) is 24.4 Å². The number of aliphatic hydroxyl groups is 1. The molecule has 108 valence electrons. The molecule has 1 aliphatic heterocycles. The molecule has 0 atom stereocenters. The standard InChI is InChI=1S/C15H15N3O3/c19-15(5-7-16-8-6-15)14-17-13(18-21-14)12-9-10-3-1-2-4-11(10)20-12/h1-4,9,16,19H,5-8H2. The van der Waals surface area contributed by atoms with Crippen LogP contribution in [0.15, 0.2) is 39.3 Å². The first-order valence-electron chi connectivity index (χ1n) is 7.01. The van der Waals surface area contributed by atoms with E-state index in [1.54, 1.807) is 0 Å². The van der Waals surface area contributed by atoms with Gasteiger partial charge in [-0.2, -0.15) is 4.98 Å². The van der Waals surface area contributed by atoms with E-state index in [0.717, 1.165) is 24.1 Å². The Kier molecular flexibility index (Phi) is 2.80. The van der Waals surface area contributed by atoms with Crippen LogP contribution in [0.25, 0.3) is 22.6 Å². The molecule has 4 rings (SSSR count). The minimum absolute atomic E-state index is 0.263. The van der Waals surface area contributed by atoms with Gasteiger partial charge in [-0.05, 0) is 38.1 Å². The third-order valence-corrected chi connectivity index (χ3v) is 3.90. The van der Waals surface area contributed by atoms with Gasteiger partial charge in [0.1, 0.15) is 11.2 Å². The van der Waals surface area contributed by atoms with Crippen LogP contribution in [0.2, 0.25) is 0 Å². The summed E-state index contributed by atoms with van der Waals surface area (Å²) in [5.74, 6) is 1.18. The number of piperidine rings is 1. The fraction of sp³-hybridized carbons (Fsp3) is 0.333. The zero-order valence-corrected chi connectivity index (χ0v) is 11.4. The Hall–Kier alpha value is -2.18. The molecule has 2 N–H and O–H groups in total. The number of hydrogen-bond donors (Lipinski definition) is 2. The molecule has 0 bridgehead atoms. The summed E-state index contributed by atoms with van der Waals surface area (Å²) < 4.78 is 11.0. The molecule has 0 spiro atoms. The van der Waals surface area contributed by atoms with E-state index in [2.05, 4.69) is 15.5 Å². The number of para-hydroxylation sites is 1. The van der Waals surface area contributed by atoms with Crippen molar-refractivity contribution in [2.24, 2.45) is 0 Å². The molecule has 6 heteroatoms. The lowest BCUT2D eigenvalue weighted by atomic mass is 9.92. The average Bonchev–Trinajstić information content (AvgIpc) is 3.15. The van der Waals surface area contributed by atoms with Crippen molar-refractivity contribution in [1.82, 2.24) is 15.5 Å². The molecule has 1 aromatic carbocycles. The molecular weight excluding hydrogens is 270 g/mol. The Balaban J connectivity index is 1.70. The number of nitrogens with one attached hydrogen (secondary N) is 1. The molecule has 0 unspecified atom stereocenters. The second-order valence-corrected chi connectivity index (χ2v) is 5.35. The SMILES string of the molecule is OC1(c2nc(-c3cc4ccccc4o3)no2)CCNCC1. The maximum atomic E-state index is 10.6. The van der Waals surface area contributed by atoms with Crippen molar-refractivity contribution < 1.29 is 14.0 Å². The number of aromatic nitrogens is 2. The Labute approximate surface area is 120 Å². The minimum atomic E-state index is -1.04. The van der Waals surface area contributed by atoms with Crippen LogP contribution in [0.5, 0.6) is 0 Å². The highest BCUT2D eigenvalue weighted by Gasteiger charge is 2.37. The van der Waals surface area contributed by atoms with E-state index in [1.165, 1.54) is 0 Å². The molecule has 0 radical (unpaired) electrons. The van der Waals surface area contributed by atoms with Crippen LogP contribution >= 0.6 is 0 Å². The third kappa shape index (κ3) is 2.12. The first-order chi connectivity index (χ1) is 10.2. The molecule has 3 aromatic rings. The summed E-state index contributed by atoms with van der Waals surface area (Å²) in [5, 5.41) is 18.7. The Morgan fingerprint density at radius 2 is 2.00 bits per heavy atom. The maximum Gasteiger partial charge on any atom is 0.259 e. The topological polar surface area (TPSA) is 84.3 Å². The van der Waals surface area contributed by atoms with Crippen molar-refractivity contribution >= 4 is 11.0 Å². The number of benzene rings is 1. The van der Waals surface area contributed by atoms with Crippen molar-refractivity contribution in [2.45, 2.75) is 18.4 Å². The summed E-state index contributed by atoms with van der Waals surface area (Å²) in [4.78, 5) is 4.32. The molecule has 0 amide bonds. The van der Waals surface area contributed by atoms with E-state index in [4.69, 9.17) is 8.94 Å². The van der Waals surface area contributed by atoms with Crippen molar-refractivity contribution in [1.29, 1.82) is 0 Å². The van der Waals surface area contributed by atoms with Crippen LogP contribution in [-0.4, -0.2) is 28.3 Å². The number of fused-ring (bicyclic) bond motifs is 1. The highest BCUT2D eigenvalue weighted by atomic mass is 16.5. The highest BCUT2D eigenvalue weighted by Crippen LogP contribution is 2.32. The molecule has 21 heavy (non-hydrogen) atoms. The van der Waals surface area contributed by atoms with Crippen molar-refractivity contribution in [3.05, 3.63) is 36.2 Å². The van der Waals surface area contributed by atoms with Crippen LogP contribution in [-0.2, 0) is 5.60 Å². The number of nitrogens with zero attached hydrogens (tertiary/aromatic N) is 2. The monoisotopic (exact) mass is 285 g/mol. The van der Waals surface area contributed by atoms with Gasteiger partial charge in [-0.25, -0.2) is 0 Å². The molecule has 1 aliphatic rings. The molecule has 1 saturated heterocycles. The summed E-state index contributed by atoms with van der Waals surface area (Å²) in [6.45, 7) is 1.47. The quantitative estimate of drug-likeness (QED) is 0.749. The fourth-order valence-corrected chi connectivity index (χ4v) is 2.66. The van der Waals surface area contributed by atoms with Crippen LogP contribution in [0.4, 0.5) is 0 Å². The largest absolute Gasteiger partial charge is 0.453 e. The molecule has 6 nitrogen and oxygen atoms in total. The fourth-order valence-electron chi connectivity index (χ4n) is 2.66. The number of hydrogen-bond acceptors (Lipinski definition) is 6. The van der Waals surface area contributed by atoms with Gasteiger partial charge in [0, 0.05) is 5.39 Å². The van der Waals surface area contributed by atoms with E-state index in [1.807, 2.05) is 30.3 Å². The molecule has 0 saturated carbocycles. The van der Waals surface area contributed by atoms with Crippen LogP contribution in [0.1, 0.15) is 18.7 Å². The molecule has 1 fully saturated rings. The van der Waals surface area contributed by atoms with Crippen LogP contribution < -0.4 is 5.32 Å². The van der Waals surface area contributed by atoms with E-state index < -0.39 is 5.60 Å². The summed E-state index contributed by atoms with van der Waals surface area (Å²) >= 11 is 0. The number of rotatable bonds is 2. The molecule has 2 aromatic heterocycles. The van der Waals surface area contributed by atoms with Gasteiger partial charge in [-0.1, -0.05) is 23.4 Å². The van der Waals surface area contributed by atoms with Gasteiger partial charge >= 0.3 is 0 Å². The molecule has 3 heterocycles. The lowest BCUT2D eigenvalue weighted by Crippen LogP contribution is -2.39. The van der Waals surface area contributed by atoms with Gasteiger partial charge in [-0.15, -0.1) is 0 Å². The predicted octanol–water partition coefficient (Wildman–Crippen LogP) is 2.05. The number of furan rings is 1. The predicted molar refractivity (Wildman–Crippen MR) is 75.5 cm³/mol. The lowest BCUT2D eigenvalue weighted by Gasteiger charge is -2.28. The first-order valence-corrected chi connectivity index (χ1v) is 7.01. The zero-order valence-electron chi connectivity index (χ0n) is 11.4. The van der Waals surface area contributed by atoms with E-state index in [-0.39, 0.29) is 5.89 Å². The van der Waals surface area contributed by atoms with Gasteiger partial charge in [0.05, 0.1) is 0 Å². The van der Waals surface area contributed by atoms with Gasteiger partial charge in [0.15, 0.2) is 5.76 Å². The Bertz CT molecular complexity index is 738. The summed E-state index contributed by atoms with van der Waals surface area (Å²) in [5.41, 5.74) is -0.262. The van der Waals surface area contributed by atoms with Gasteiger partial charge in [0.25, 0.3) is 5.89 Å². The summed E-state index contributed by atoms with van der Waals surface area (Å²) in [6, 6.07) is 9.58. The van der Waals surface area contributed by atoms with Crippen LogP contribution in [0.3, 0.4) is 0 Å². The van der Waals surface area contributed by atoms with Gasteiger partial charge < -0.3 is 19.4 Å². The average molecular weight is 285 g/mol. The van der Waals surface area contributed by atoms with E-state index in [9.17, 15) is 5.11 Å². The maximum absolute atomic E-state index is 10.6. The van der Waals surface area contributed by atoms with Crippen molar-refractivity contribution in [3.8, 4) is 11.6 Å². The van der Waals surface area contributed by atoms with Gasteiger partial charge in [-0.3, -0.25) is 0 Å². The third-order valence-electron chi connectivity index (χ3n) is 3.90. The molecule has 0 aliphatic carbocycles. The Morgan fingerprint density at radius 3 is 2.81 bits per heavy atom. The summed E-state index contributed by atoms with van der Waals surface area (Å²) in [6.07, 6.45) is 1.13. The van der Waals surface area contributed by atoms with Crippen LogP contribution in [0, 0.1) is 0 Å². The normalized spacial score (nSPS) is 18.1.